The van der Waals surface area contributed by atoms with Gasteiger partial charge in [0.15, 0.2) is 5.78 Å². The monoisotopic (exact) mass is 639 g/mol. The van der Waals surface area contributed by atoms with Crippen LogP contribution in [0.1, 0.15) is 108 Å². The first-order chi connectivity index (χ1) is 21.7. The quantitative estimate of drug-likeness (QED) is 0.242. The summed E-state index contributed by atoms with van der Waals surface area (Å²) in [7, 11) is 0. The minimum absolute atomic E-state index is 0.171. The molecule has 7 nitrogen and oxygen atoms in total. The summed E-state index contributed by atoms with van der Waals surface area (Å²) in [6, 6.07) is 0. The van der Waals surface area contributed by atoms with Crippen LogP contribution in [0.4, 0.5) is 0 Å². The van der Waals surface area contributed by atoms with Crippen LogP contribution < -0.4 is 0 Å². The van der Waals surface area contributed by atoms with Gasteiger partial charge in [-0.2, -0.15) is 0 Å². The van der Waals surface area contributed by atoms with Crippen molar-refractivity contribution in [2.24, 2.45) is 50.3 Å². The van der Waals surface area contributed by atoms with E-state index < -0.39 is 57.1 Å². The van der Waals surface area contributed by atoms with Crippen molar-refractivity contribution < 1.29 is 28.7 Å². The highest BCUT2D eigenvalue weighted by molar-refractivity contribution is 6.52. The molecule has 0 aromatic rings. The Morgan fingerprint density at radius 2 is 1.21 bits per heavy atom. The number of rotatable bonds is 2. The first kappa shape index (κ1) is 32.5. The Bertz CT molecular complexity index is 1760. The van der Waals surface area contributed by atoms with E-state index in [1.807, 2.05) is 40.7 Å². The second kappa shape index (κ2) is 9.77. The van der Waals surface area contributed by atoms with Gasteiger partial charge in [-0.3, -0.25) is 24.0 Å². The number of aliphatic imine (C=N–C) groups is 1. The number of carbonyl (C=O) groups excluding carboxylic acids is 5. The van der Waals surface area contributed by atoms with Gasteiger partial charge in [0.05, 0.1) is 5.71 Å². The smallest absolute Gasteiger partial charge is 0.246 e. The van der Waals surface area contributed by atoms with Crippen molar-refractivity contribution in [3.63, 3.8) is 0 Å². The highest BCUT2D eigenvalue weighted by Gasteiger charge is 2.71. The third-order valence-corrected chi connectivity index (χ3v) is 13.3. The lowest BCUT2D eigenvalue weighted by Gasteiger charge is -2.58. The molecule has 2 saturated carbocycles. The molecule has 7 heteroatoms. The van der Waals surface area contributed by atoms with Crippen molar-refractivity contribution in [1.29, 1.82) is 0 Å². The van der Waals surface area contributed by atoms with Gasteiger partial charge in [0.25, 0.3) is 0 Å². The zero-order valence-electron chi connectivity index (χ0n) is 29.7. The van der Waals surface area contributed by atoms with Crippen molar-refractivity contribution in [3.05, 3.63) is 45.6 Å². The maximum absolute atomic E-state index is 15.5. The molecule has 6 aliphatic carbocycles. The normalized spacial score (nSPS) is 39.0. The molecule has 0 saturated heterocycles. The first-order valence-corrected chi connectivity index (χ1v) is 17.7. The Morgan fingerprint density at radius 1 is 0.681 bits per heavy atom. The lowest BCUT2D eigenvalue weighted by atomic mass is 9.47. The third kappa shape index (κ3) is 3.95. The van der Waals surface area contributed by atoms with Crippen LogP contribution in [0.3, 0.4) is 0 Å². The van der Waals surface area contributed by atoms with Crippen LogP contribution in [0.25, 0.3) is 0 Å². The lowest BCUT2D eigenvalue weighted by molar-refractivity contribution is -0.168. The van der Waals surface area contributed by atoms with E-state index in [-0.39, 0.29) is 29.0 Å². The average Bonchev–Trinajstić information content (AvgIpc) is 3.34. The van der Waals surface area contributed by atoms with Crippen molar-refractivity contribution in [2.75, 3.05) is 0 Å². The largest absolute Gasteiger partial charge is 0.333 e. The van der Waals surface area contributed by atoms with E-state index in [4.69, 9.17) is 9.73 Å². The van der Waals surface area contributed by atoms with Gasteiger partial charge in [-0.25, -0.2) is 4.99 Å². The zero-order valence-corrected chi connectivity index (χ0v) is 29.7. The number of Topliss-reactive ketones (excluding diaryl/α,β-unsaturated/α-hetero) is 5. The predicted molar refractivity (Wildman–Crippen MR) is 178 cm³/mol. The van der Waals surface area contributed by atoms with Gasteiger partial charge in [-0.1, -0.05) is 82.1 Å². The Hall–Kier alpha value is -3.06. The molecule has 1 spiro atoms. The number of hydrogen-bond acceptors (Lipinski definition) is 7. The van der Waals surface area contributed by atoms with Crippen molar-refractivity contribution in [2.45, 2.75) is 120 Å². The second-order valence-corrected chi connectivity index (χ2v) is 17.9. The molecular formula is C40H49NO6. The average molecular weight is 640 g/mol. The maximum Gasteiger partial charge on any atom is 0.246 e. The van der Waals surface area contributed by atoms with Gasteiger partial charge in [0, 0.05) is 56.1 Å². The van der Waals surface area contributed by atoms with Crippen LogP contribution in [-0.4, -0.2) is 46.5 Å². The molecule has 0 aromatic heterocycles. The number of ketones is 5. The van der Waals surface area contributed by atoms with Crippen molar-refractivity contribution >= 4 is 34.6 Å². The summed E-state index contributed by atoms with van der Waals surface area (Å²) in [6.45, 7) is 20.2. The molecule has 7 aliphatic rings. The van der Waals surface area contributed by atoms with E-state index in [9.17, 15) is 19.2 Å². The minimum Gasteiger partial charge on any atom is -0.333 e. The Balaban J connectivity index is 1.58. The minimum atomic E-state index is -1.84. The molecule has 7 rings (SSSR count). The third-order valence-electron chi connectivity index (χ3n) is 13.3. The SMILES string of the molecule is CC(C)C1=CC2=C(C(=O)C1=O)[C@@]1(C)CCCC(C)(C)[C@@H]1C(=O)C21N=C2C3=C(C(=O)C(=O)C(C(C)C)=C3)[C@@]3(C)CCCC(C)(C)[C@@H]3C2O1. The van der Waals surface area contributed by atoms with E-state index in [1.165, 1.54) is 0 Å². The Kier molecular flexibility index (Phi) is 6.75. The van der Waals surface area contributed by atoms with Crippen LogP contribution in [0.2, 0.25) is 0 Å². The molecule has 0 bridgehead atoms. The molecule has 0 aromatic carbocycles. The molecule has 0 N–H and O–H groups in total. The summed E-state index contributed by atoms with van der Waals surface area (Å²) in [4.78, 5) is 76.7. The molecule has 2 fully saturated rings. The number of ether oxygens (including phenoxy) is 1. The summed E-state index contributed by atoms with van der Waals surface area (Å²) < 4.78 is 7.27. The molecule has 2 unspecified atom stereocenters. The molecule has 47 heavy (non-hydrogen) atoms. The summed E-state index contributed by atoms with van der Waals surface area (Å²) in [5.41, 5.74) is -0.939. The number of nitrogens with zero attached hydrogens (tertiary/aromatic N) is 1. The molecular weight excluding hydrogens is 590 g/mol. The van der Waals surface area contributed by atoms with Gasteiger partial charge in [-0.15, -0.1) is 0 Å². The summed E-state index contributed by atoms with van der Waals surface area (Å²) in [5.74, 6) is -3.45. The fourth-order valence-corrected chi connectivity index (χ4v) is 11.4. The van der Waals surface area contributed by atoms with Crippen LogP contribution in [0, 0.1) is 45.3 Å². The molecule has 0 radical (unpaired) electrons. The van der Waals surface area contributed by atoms with Gasteiger partial charge in [0.1, 0.15) is 6.10 Å². The molecule has 1 aliphatic heterocycles. The van der Waals surface area contributed by atoms with Gasteiger partial charge < -0.3 is 4.74 Å². The lowest BCUT2D eigenvalue weighted by Crippen LogP contribution is -2.62. The summed E-state index contributed by atoms with van der Waals surface area (Å²) in [6.07, 6.45) is 7.69. The molecule has 250 valence electrons. The van der Waals surface area contributed by atoms with Crippen molar-refractivity contribution in [3.8, 4) is 0 Å². The summed E-state index contributed by atoms with van der Waals surface area (Å²) in [5, 5.41) is 0. The molecule has 0 amide bonds. The fourth-order valence-electron chi connectivity index (χ4n) is 11.4. The number of allylic oxidation sites excluding steroid dienone is 5. The first-order valence-electron chi connectivity index (χ1n) is 17.7. The Morgan fingerprint density at radius 3 is 1.81 bits per heavy atom. The van der Waals surface area contributed by atoms with Gasteiger partial charge in [0.2, 0.25) is 28.9 Å². The second-order valence-electron chi connectivity index (χ2n) is 17.9. The number of hydrogen-bond donors (Lipinski definition) is 0. The standard InChI is InChI=1S/C40H49NO6/c1-19(2)21-17-23-25(30(44)28(21)42)38(9)15-11-13-36(5,6)33(38)32-27(23)41-40(47-32)24-18-22(20(3)4)29(43)31(45)26(24)39(10)16-12-14-37(7,8)34(39)35(40)46/h17-20,32-34H,11-16H2,1-10H3/t32?,33-,34-,38+,39+,40?/m0/s1. The van der Waals surface area contributed by atoms with E-state index in [0.717, 1.165) is 25.7 Å². The molecule has 6 atom stereocenters. The van der Waals surface area contributed by atoms with E-state index in [1.54, 1.807) is 6.08 Å². The van der Waals surface area contributed by atoms with E-state index in [2.05, 4.69) is 34.6 Å². The highest BCUT2D eigenvalue weighted by atomic mass is 16.5. The van der Waals surface area contributed by atoms with Gasteiger partial charge >= 0.3 is 0 Å². The van der Waals surface area contributed by atoms with E-state index in [0.29, 0.717) is 52.0 Å². The van der Waals surface area contributed by atoms with Crippen LogP contribution in [0.5, 0.6) is 0 Å². The number of fused-ring (bicyclic) bond motifs is 8. The van der Waals surface area contributed by atoms with Crippen LogP contribution in [0.15, 0.2) is 50.6 Å². The molecule has 1 heterocycles. The highest BCUT2D eigenvalue weighted by Crippen LogP contribution is 2.66. The topological polar surface area (TPSA) is 107 Å². The fraction of sp³-hybridized carbons (Fsp3) is 0.650. The predicted octanol–water partition coefficient (Wildman–Crippen LogP) is 6.85. The zero-order chi connectivity index (χ0) is 34.4. The Labute approximate surface area is 278 Å². The summed E-state index contributed by atoms with van der Waals surface area (Å²) >= 11 is 0. The van der Waals surface area contributed by atoms with Gasteiger partial charge in [-0.05, 0) is 60.5 Å². The maximum atomic E-state index is 15.5. The number of carbonyl (C=O) groups is 5. The van der Waals surface area contributed by atoms with Crippen LogP contribution >= 0.6 is 0 Å². The van der Waals surface area contributed by atoms with E-state index >= 15 is 4.79 Å². The van der Waals surface area contributed by atoms with Crippen molar-refractivity contribution in [1.82, 2.24) is 0 Å². The van der Waals surface area contributed by atoms with Crippen LogP contribution in [-0.2, 0) is 28.7 Å².